The van der Waals surface area contributed by atoms with E-state index in [1.54, 1.807) is 7.11 Å². The average molecular weight is 233 g/mol. The molecule has 0 aliphatic carbocycles. The third-order valence-corrected chi connectivity index (χ3v) is 2.98. The Kier molecular flexibility index (Phi) is 3.52. The first kappa shape index (κ1) is 11.8. The fraction of sp³-hybridized carbons (Fsp3) is 0.462. The molecule has 0 saturated heterocycles. The van der Waals surface area contributed by atoms with E-state index in [0.29, 0.717) is 11.4 Å². The first-order chi connectivity index (χ1) is 8.26. The highest BCUT2D eigenvalue weighted by atomic mass is 16.5. The van der Waals surface area contributed by atoms with Crippen LogP contribution in [0.2, 0.25) is 0 Å². The van der Waals surface area contributed by atoms with Crippen molar-refractivity contribution in [3.05, 3.63) is 18.5 Å². The molecule has 2 N–H and O–H groups in total. The predicted octanol–water partition coefficient (Wildman–Crippen LogP) is 2.82. The molecule has 0 aliphatic rings. The third-order valence-electron chi connectivity index (χ3n) is 2.98. The summed E-state index contributed by atoms with van der Waals surface area (Å²) in [6.07, 6.45) is 5.51. The number of nitrogens with two attached hydrogens (primary N) is 1. The van der Waals surface area contributed by atoms with Gasteiger partial charge in [-0.1, -0.05) is 19.8 Å². The van der Waals surface area contributed by atoms with Gasteiger partial charge < -0.3 is 15.0 Å². The van der Waals surface area contributed by atoms with Crippen molar-refractivity contribution in [2.24, 2.45) is 0 Å². The molecule has 0 fully saturated rings. The Hall–Kier alpha value is -1.71. The Bertz CT molecular complexity index is 505. The number of ether oxygens (including phenoxy) is 1. The van der Waals surface area contributed by atoms with Crippen LogP contribution in [0.5, 0.6) is 5.75 Å². The van der Waals surface area contributed by atoms with Gasteiger partial charge in [0.1, 0.15) is 5.75 Å². The van der Waals surface area contributed by atoms with Crippen molar-refractivity contribution in [1.29, 1.82) is 0 Å². The second kappa shape index (κ2) is 5.08. The highest BCUT2D eigenvalue weighted by molar-refractivity contribution is 5.82. The number of anilines is 1. The number of nitrogen functional groups attached to an aromatic ring is 1. The summed E-state index contributed by atoms with van der Waals surface area (Å²) in [7, 11) is 1.62. The molecule has 4 nitrogen and oxygen atoms in total. The Morgan fingerprint density at radius 1 is 1.35 bits per heavy atom. The molecular formula is C13H19N3O. The van der Waals surface area contributed by atoms with Gasteiger partial charge in [0.2, 0.25) is 0 Å². The molecule has 17 heavy (non-hydrogen) atoms. The van der Waals surface area contributed by atoms with Crippen LogP contribution in [-0.4, -0.2) is 16.7 Å². The van der Waals surface area contributed by atoms with Crippen LogP contribution in [0.4, 0.5) is 5.69 Å². The molecule has 0 amide bonds. The van der Waals surface area contributed by atoms with E-state index in [1.807, 2.05) is 18.5 Å². The molecule has 1 aromatic carbocycles. The van der Waals surface area contributed by atoms with Gasteiger partial charge in [-0.2, -0.15) is 0 Å². The number of benzene rings is 1. The van der Waals surface area contributed by atoms with Crippen LogP contribution in [0, 0.1) is 0 Å². The Balaban J connectivity index is 2.30. The van der Waals surface area contributed by atoms with Crippen LogP contribution >= 0.6 is 0 Å². The molecule has 0 saturated carbocycles. The van der Waals surface area contributed by atoms with Gasteiger partial charge in [-0.05, 0) is 12.5 Å². The fourth-order valence-electron chi connectivity index (χ4n) is 1.99. The first-order valence-corrected chi connectivity index (χ1v) is 6.04. The van der Waals surface area contributed by atoms with Gasteiger partial charge in [0, 0.05) is 12.6 Å². The summed E-state index contributed by atoms with van der Waals surface area (Å²) >= 11 is 0. The summed E-state index contributed by atoms with van der Waals surface area (Å²) in [6, 6.07) is 3.83. The Morgan fingerprint density at radius 2 is 2.18 bits per heavy atom. The highest BCUT2D eigenvalue weighted by Crippen LogP contribution is 2.27. The Morgan fingerprint density at radius 3 is 2.88 bits per heavy atom. The van der Waals surface area contributed by atoms with E-state index in [-0.39, 0.29) is 0 Å². The van der Waals surface area contributed by atoms with E-state index in [2.05, 4.69) is 16.5 Å². The normalized spacial score (nSPS) is 10.9. The van der Waals surface area contributed by atoms with E-state index in [9.17, 15) is 0 Å². The maximum Gasteiger partial charge on any atom is 0.144 e. The molecule has 4 heteroatoms. The molecule has 0 radical (unpaired) electrons. The van der Waals surface area contributed by atoms with Crippen molar-refractivity contribution in [1.82, 2.24) is 9.55 Å². The lowest BCUT2D eigenvalue weighted by molar-refractivity contribution is 0.417. The number of methoxy groups -OCH3 is 1. The minimum absolute atomic E-state index is 0.664. The lowest BCUT2D eigenvalue weighted by Gasteiger charge is -2.06. The molecule has 0 bridgehead atoms. The third kappa shape index (κ3) is 2.35. The topological polar surface area (TPSA) is 53.1 Å². The molecule has 0 spiro atoms. The number of hydrogen-bond acceptors (Lipinski definition) is 3. The number of nitrogens with zero attached hydrogens (tertiary/aromatic N) is 2. The van der Waals surface area contributed by atoms with E-state index in [4.69, 9.17) is 10.5 Å². The maximum atomic E-state index is 5.91. The zero-order valence-corrected chi connectivity index (χ0v) is 10.4. The van der Waals surface area contributed by atoms with Gasteiger partial charge in [0.15, 0.2) is 0 Å². The van der Waals surface area contributed by atoms with E-state index >= 15 is 0 Å². The summed E-state index contributed by atoms with van der Waals surface area (Å²) < 4.78 is 7.34. The van der Waals surface area contributed by atoms with Gasteiger partial charge in [0.05, 0.1) is 30.2 Å². The SMILES string of the molecule is CCCCCn1cnc2cc(OC)c(N)cc21. The standard InChI is InChI=1S/C13H19N3O/c1-3-4-5-6-16-9-15-11-8-13(17-2)10(14)7-12(11)16/h7-9H,3-6,14H2,1-2H3. The molecule has 1 aromatic heterocycles. The maximum absolute atomic E-state index is 5.91. The van der Waals surface area contributed by atoms with Gasteiger partial charge >= 0.3 is 0 Å². The zero-order chi connectivity index (χ0) is 12.3. The molecule has 1 heterocycles. The van der Waals surface area contributed by atoms with Gasteiger partial charge in [-0.25, -0.2) is 4.98 Å². The predicted molar refractivity (Wildman–Crippen MR) is 70.2 cm³/mol. The van der Waals surface area contributed by atoms with E-state index < -0.39 is 0 Å². The number of hydrogen-bond donors (Lipinski definition) is 1. The highest BCUT2D eigenvalue weighted by Gasteiger charge is 2.07. The molecule has 2 aromatic rings. The minimum atomic E-state index is 0.664. The molecule has 92 valence electrons. The fourth-order valence-corrected chi connectivity index (χ4v) is 1.99. The van der Waals surface area contributed by atoms with Crippen LogP contribution in [0.15, 0.2) is 18.5 Å². The van der Waals surface area contributed by atoms with Crippen molar-refractivity contribution in [3.8, 4) is 5.75 Å². The molecule has 0 atom stereocenters. The van der Waals surface area contributed by atoms with Crippen molar-refractivity contribution in [2.75, 3.05) is 12.8 Å². The van der Waals surface area contributed by atoms with Gasteiger partial charge in [-0.15, -0.1) is 0 Å². The van der Waals surface area contributed by atoms with Crippen LogP contribution < -0.4 is 10.5 Å². The van der Waals surface area contributed by atoms with Crippen molar-refractivity contribution in [3.63, 3.8) is 0 Å². The van der Waals surface area contributed by atoms with Crippen molar-refractivity contribution in [2.45, 2.75) is 32.7 Å². The van der Waals surface area contributed by atoms with E-state index in [1.165, 1.54) is 19.3 Å². The van der Waals surface area contributed by atoms with Gasteiger partial charge in [0.25, 0.3) is 0 Å². The Labute approximate surface area is 101 Å². The lowest BCUT2D eigenvalue weighted by atomic mass is 10.2. The molecule has 0 unspecified atom stereocenters. The quantitative estimate of drug-likeness (QED) is 0.638. The average Bonchev–Trinajstić information content (AvgIpc) is 2.71. The summed E-state index contributed by atoms with van der Waals surface area (Å²) in [5, 5.41) is 0. The first-order valence-electron chi connectivity index (χ1n) is 6.04. The minimum Gasteiger partial charge on any atom is -0.495 e. The van der Waals surface area contributed by atoms with Crippen molar-refractivity contribution >= 4 is 16.7 Å². The summed E-state index contributed by atoms with van der Waals surface area (Å²) in [6.45, 7) is 3.20. The number of fused-ring (bicyclic) bond motifs is 1. The molecule has 0 aliphatic heterocycles. The van der Waals surface area contributed by atoms with Crippen LogP contribution in [0.1, 0.15) is 26.2 Å². The monoisotopic (exact) mass is 233 g/mol. The van der Waals surface area contributed by atoms with Crippen LogP contribution in [-0.2, 0) is 6.54 Å². The zero-order valence-electron chi connectivity index (χ0n) is 10.4. The van der Waals surface area contributed by atoms with Gasteiger partial charge in [-0.3, -0.25) is 0 Å². The second-order valence-electron chi connectivity index (χ2n) is 4.23. The molecular weight excluding hydrogens is 214 g/mol. The van der Waals surface area contributed by atoms with Crippen LogP contribution in [0.3, 0.4) is 0 Å². The number of aromatic nitrogens is 2. The largest absolute Gasteiger partial charge is 0.495 e. The summed E-state index contributed by atoms with van der Waals surface area (Å²) in [5.74, 6) is 0.691. The van der Waals surface area contributed by atoms with Crippen molar-refractivity contribution < 1.29 is 4.74 Å². The molecule has 2 rings (SSSR count). The van der Waals surface area contributed by atoms with E-state index in [0.717, 1.165) is 17.6 Å². The number of aryl methyl sites for hydroxylation is 1. The summed E-state index contributed by atoms with van der Waals surface area (Å²) in [4.78, 5) is 4.37. The number of imidazole rings is 1. The van der Waals surface area contributed by atoms with Crippen LogP contribution in [0.25, 0.3) is 11.0 Å². The summed E-state index contributed by atoms with van der Waals surface area (Å²) in [5.41, 5.74) is 8.60. The lowest BCUT2D eigenvalue weighted by Crippen LogP contribution is -1.97. The smallest absolute Gasteiger partial charge is 0.144 e. The second-order valence-corrected chi connectivity index (χ2v) is 4.23. The number of rotatable bonds is 5. The number of unbranched alkanes of at least 4 members (excludes halogenated alkanes) is 2.